The summed E-state index contributed by atoms with van der Waals surface area (Å²) in [5.41, 5.74) is 2.67. The van der Waals surface area contributed by atoms with Crippen LogP contribution in [-0.4, -0.2) is 51.8 Å². The van der Waals surface area contributed by atoms with Gasteiger partial charge in [0.2, 0.25) is 0 Å². The highest BCUT2D eigenvalue weighted by Crippen LogP contribution is 2.27. The van der Waals surface area contributed by atoms with E-state index in [0.29, 0.717) is 43.1 Å². The van der Waals surface area contributed by atoms with E-state index in [0.717, 1.165) is 32.1 Å². The Bertz CT molecular complexity index is 1090. The van der Waals surface area contributed by atoms with Crippen molar-refractivity contribution in [2.75, 3.05) is 31.0 Å². The second-order valence-corrected chi connectivity index (χ2v) is 10.8. The average Bonchev–Trinajstić information content (AvgIpc) is 3.38. The maximum Gasteiger partial charge on any atom is 0.262 e. The first-order valence-electron chi connectivity index (χ1n) is 12.1. The van der Waals surface area contributed by atoms with Gasteiger partial charge in [-0.25, -0.2) is 8.42 Å². The lowest BCUT2D eigenvalue weighted by Crippen LogP contribution is -2.41. The van der Waals surface area contributed by atoms with E-state index in [-0.39, 0.29) is 23.0 Å². The summed E-state index contributed by atoms with van der Waals surface area (Å²) in [4.78, 5) is 15.1. The molecule has 2 fully saturated rings. The van der Waals surface area contributed by atoms with Crippen LogP contribution in [0.2, 0.25) is 0 Å². The van der Waals surface area contributed by atoms with E-state index >= 15 is 0 Å². The highest BCUT2D eigenvalue weighted by Gasteiger charge is 2.32. The van der Waals surface area contributed by atoms with Crippen LogP contribution in [0.5, 0.6) is 0 Å². The van der Waals surface area contributed by atoms with E-state index in [2.05, 4.69) is 11.6 Å². The van der Waals surface area contributed by atoms with Gasteiger partial charge in [0.05, 0.1) is 18.1 Å². The van der Waals surface area contributed by atoms with E-state index in [1.165, 1.54) is 11.6 Å². The quantitative estimate of drug-likeness (QED) is 0.599. The standard InChI is InChI=1S/C26H34N2O5S/c1-3-4-5-20-7-10-23(11-8-20)27-34(30,31)24-18-22(9-6-19(24)2)25(29)28-14-12-21(13-15-28)26-32-16-17-33-26/h6-11,18,21,26-27H,3-5,12-17H2,1-2H3. The first-order valence-corrected chi connectivity index (χ1v) is 13.6. The smallest absolute Gasteiger partial charge is 0.262 e. The van der Waals surface area contributed by atoms with Crippen molar-refractivity contribution >= 4 is 21.6 Å². The van der Waals surface area contributed by atoms with Crippen molar-refractivity contribution in [1.82, 2.24) is 4.90 Å². The molecule has 1 amide bonds. The van der Waals surface area contributed by atoms with Crippen molar-refractivity contribution < 1.29 is 22.7 Å². The molecule has 0 unspecified atom stereocenters. The van der Waals surface area contributed by atoms with Gasteiger partial charge in [0.1, 0.15) is 0 Å². The van der Waals surface area contributed by atoms with E-state index in [4.69, 9.17) is 9.47 Å². The molecule has 0 saturated carbocycles. The predicted molar refractivity (Wildman–Crippen MR) is 131 cm³/mol. The number of piperidine rings is 1. The van der Waals surface area contributed by atoms with Crippen LogP contribution >= 0.6 is 0 Å². The number of unbranched alkanes of at least 4 members (excludes halogenated alkanes) is 1. The van der Waals surface area contributed by atoms with E-state index < -0.39 is 10.0 Å². The number of carbonyl (C=O) groups is 1. The number of rotatable bonds is 8. The van der Waals surface area contributed by atoms with Gasteiger partial charge < -0.3 is 14.4 Å². The predicted octanol–water partition coefficient (Wildman–Crippen LogP) is 4.36. The van der Waals surface area contributed by atoms with Crippen LogP contribution in [-0.2, 0) is 25.9 Å². The van der Waals surface area contributed by atoms with Gasteiger partial charge in [-0.15, -0.1) is 0 Å². The first-order chi connectivity index (χ1) is 16.4. The number of aryl methyl sites for hydroxylation is 2. The lowest BCUT2D eigenvalue weighted by molar-refractivity contribution is -0.0956. The Morgan fingerprint density at radius 2 is 1.74 bits per heavy atom. The molecule has 184 valence electrons. The van der Waals surface area contributed by atoms with Gasteiger partial charge in [-0.3, -0.25) is 9.52 Å². The van der Waals surface area contributed by atoms with E-state index in [1.807, 2.05) is 12.1 Å². The fraction of sp³-hybridized carbons (Fsp3) is 0.500. The number of amides is 1. The van der Waals surface area contributed by atoms with Gasteiger partial charge in [0.25, 0.3) is 15.9 Å². The largest absolute Gasteiger partial charge is 0.350 e. The molecule has 4 rings (SSSR count). The number of carbonyl (C=O) groups excluding carboxylic acids is 1. The molecule has 0 aromatic heterocycles. The maximum atomic E-state index is 13.2. The van der Waals surface area contributed by atoms with Crippen LogP contribution in [0.15, 0.2) is 47.4 Å². The van der Waals surface area contributed by atoms with Crippen molar-refractivity contribution in [1.29, 1.82) is 0 Å². The van der Waals surface area contributed by atoms with Crippen LogP contribution in [0.4, 0.5) is 5.69 Å². The third kappa shape index (κ3) is 5.79. The van der Waals surface area contributed by atoms with Gasteiger partial charge in [0.15, 0.2) is 6.29 Å². The Kier molecular flexibility index (Phi) is 7.91. The number of hydrogen-bond acceptors (Lipinski definition) is 5. The summed E-state index contributed by atoms with van der Waals surface area (Å²) < 4.78 is 40.2. The molecule has 2 saturated heterocycles. The minimum Gasteiger partial charge on any atom is -0.350 e. The number of nitrogens with zero attached hydrogens (tertiary/aromatic N) is 1. The number of sulfonamides is 1. The molecule has 1 N–H and O–H groups in total. The molecule has 34 heavy (non-hydrogen) atoms. The van der Waals surface area contributed by atoms with Gasteiger partial charge in [-0.1, -0.05) is 31.5 Å². The Hall–Kier alpha value is -2.42. The summed E-state index contributed by atoms with van der Waals surface area (Å²) in [6, 6.07) is 12.4. The number of anilines is 1. The normalized spacial score (nSPS) is 17.8. The number of nitrogens with one attached hydrogen (secondary N) is 1. The highest BCUT2D eigenvalue weighted by molar-refractivity contribution is 7.92. The Balaban J connectivity index is 1.44. The van der Waals surface area contributed by atoms with E-state index in [9.17, 15) is 13.2 Å². The zero-order valence-corrected chi connectivity index (χ0v) is 20.8. The molecular formula is C26H34N2O5S. The second-order valence-electron chi connectivity index (χ2n) is 9.13. The average molecular weight is 487 g/mol. The lowest BCUT2D eigenvalue weighted by Gasteiger charge is -2.34. The minimum absolute atomic E-state index is 0.121. The maximum absolute atomic E-state index is 13.2. The molecule has 2 heterocycles. The zero-order valence-electron chi connectivity index (χ0n) is 20.0. The van der Waals surface area contributed by atoms with Crippen molar-refractivity contribution in [3.05, 3.63) is 59.2 Å². The van der Waals surface area contributed by atoms with Crippen LogP contribution < -0.4 is 4.72 Å². The number of benzene rings is 2. The van der Waals surface area contributed by atoms with E-state index in [1.54, 1.807) is 36.1 Å². The van der Waals surface area contributed by atoms with Crippen LogP contribution in [0, 0.1) is 12.8 Å². The molecule has 0 aliphatic carbocycles. The summed E-state index contributed by atoms with van der Waals surface area (Å²) in [7, 11) is -3.83. The lowest BCUT2D eigenvalue weighted by atomic mass is 9.95. The molecule has 2 aromatic carbocycles. The number of hydrogen-bond donors (Lipinski definition) is 1. The topological polar surface area (TPSA) is 84.9 Å². The fourth-order valence-corrected chi connectivity index (χ4v) is 5.89. The molecule has 2 aliphatic heterocycles. The van der Waals surface area contributed by atoms with Crippen LogP contribution in [0.3, 0.4) is 0 Å². The third-order valence-corrected chi connectivity index (χ3v) is 8.13. The molecule has 0 spiro atoms. The summed E-state index contributed by atoms with van der Waals surface area (Å²) in [6.45, 7) is 6.34. The van der Waals surface area contributed by atoms with Crippen LogP contribution in [0.1, 0.15) is 54.1 Å². The van der Waals surface area contributed by atoms with Gasteiger partial charge >= 0.3 is 0 Å². The van der Waals surface area contributed by atoms with Crippen molar-refractivity contribution in [3.63, 3.8) is 0 Å². The van der Waals surface area contributed by atoms with Gasteiger partial charge in [-0.05, 0) is 68.0 Å². The Morgan fingerprint density at radius 1 is 1.06 bits per heavy atom. The summed E-state index contributed by atoms with van der Waals surface area (Å²) in [6.07, 6.45) is 4.65. The van der Waals surface area contributed by atoms with Crippen LogP contribution in [0.25, 0.3) is 0 Å². The first kappa shape index (κ1) is 24.7. The third-order valence-electron chi connectivity index (χ3n) is 6.61. The Morgan fingerprint density at radius 3 is 2.38 bits per heavy atom. The SMILES string of the molecule is CCCCc1ccc(NS(=O)(=O)c2cc(C(=O)N3CCC(C4OCCO4)CC3)ccc2C)cc1. The molecule has 2 aromatic rings. The van der Waals surface area contributed by atoms with Gasteiger partial charge in [0, 0.05) is 30.3 Å². The molecule has 8 heteroatoms. The zero-order chi connectivity index (χ0) is 24.1. The highest BCUT2D eigenvalue weighted by atomic mass is 32.2. The summed E-state index contributed by atoms with van der Waals surface area (Å²) in [5.74, 6) is 0.140. The second kappa shape index (κ2) is 10.9. The molecule has 0 atom stereocenters. The molecule has 0 bridgehead atoms. The Labute approximate surface area is 202 Å². The molecule has 2 aliphatic rings. The van der Waals surface area contributed by atoms with Crippen molar-refractivity contribution in [2.24, 2.45) is 5.92 Å². The summed E-state index contributed by atoms with van der Waals surface area (Å²) >= 11 is 0. The summed E-state index contributed by atoms with van der Waals surface area (Å²) in [5, 5.41) is 0. The molecular weight excluding hydrogens is 452 g/mol. The molecule has 7 nitrogen and oxygen atoms in total. The fourth-order valence-electron chi connectivity index (χ4n) is 4.56. The molecule has 0 radical (unpaired) electrons. The van der Waals surface area contributed by atoms with Crippen molar-refractivity contribution in [3.8, 4) is 0 Å². The van der Waals surface area contributed by atoms with Crippen molar-refractivity contribution in [2.45, 2.75) is 57.1 Å². The minimum atomic E-state index is -3.83. The number of likely N-dealkylation sites (tertiary alicyclic amines) is 1. The number of ether oxygens (including phenoxy) is 2. The monoisotopic (exact) mass is 486 g/mol. The van der Waals surface area contributed by atoms with Gasteiger partial charge in [-0.2, -0.15) is 0 Å².